The average Bonchev–Trinajstić information content (AvgIpc) is 2.37. The van der Waals surface area contributed by atoms with Crippen LogP contribution < -0.4 is 5.73 Å². The Labute approximate surface area is 85.7 Å². The Balaban J connectivity index is 0. The second-order valence-electron chi connectivity index (χ2n) is 2.78. The fraction of sp³-hybridized carbons (Fsp3) is 0.857. The smallest absolute Gasteiger partial charge is 0.0866 e. The predicted octanol–water partition coefficient (Wildman–Crippen LogP) is 0.634. The molecule has 0 aromatic heterocycles. The first-order chi connectivity index (χ1) is 4.86. The number of hydrogen-bond donors (Lipinski definition) is 1. The van der Waals surface area contributed by atoms with E-state index in [1.165, 1.54) is 0 Å². The molecule has 0 aliphatic carbocycles. The van der Waals surface area contributed by atoms with Crippen LogP contribution in [-0.2, 0) is 0 Å². The van der Waals surface area contributed by atoms with Gasteiger partial charge in [0.15, 0.2) is 0 Å². The fourth-order valence-electron chi connectivity index (χ4n) is 1.35. The van der Waals surface area contributed by atoms with Crippen molar-refractivity contribution in [1.82, 2.24) is 4.90 Å². The van der Waals surface area contributed by atoms with Gasteiger partial charge in [0, 0.05) is 6.54 Å². The van der Waals surface area contributed by atoms with Crippen molar-refractivity contribution >= 4 is 24.8 Å². The molecule has 2 N–H and O–H groups in total. The van der Waals surface area contributed by atoms with Gasteiger partial charge in [0.05, 0.1) is 12.6 Å². The van der Waals surface area contributed by atoms with Gasteiger partial charge in [0.1, 0.15) is 0 Å². The Hall–Kier alpha value is -0.0100. The highest BCUT2D eigenvalue weighted by Gasteiger charge is 2.19. The van der Waals surface area contributed by atoms with Crippen LogP contribution in [0, 0.1) is 17.2 Å². The minimum atomic E-state index is 0. The number of nitriles is 1. The van der Waals surface area contributed by atoms with Crippen LogP contribution in [0.1, 0.15) is 6.42 Å². The van der Waals surface area contributed by atoms with Crippen LogP contribution in [0.15, 0.2) is 0 Å². The number of nitrogens with zero attached hydrogens (tertiary/aromatic N) is 2. The molecule has 12 heavy (non-hydrogen) atoms. The lowest BCUT2D eigenvalue weighted by Crippen LogP contribution is -2.23. The number of hydrogen-bond acceptors (Lipinski definition) is 3. The van der Waals surface area contributed by atoms with Crippen LogP contribution in [0.4, 0.5) is 0 Å². The second kappa shape index (κ2) is 7.63. The Morgan fingerprint density at radius 2 is 2.17 bits per heavy atom. The third-order valence-corrected chi connectivity index (χ3v) is 2.00. The predicted molar refractivity (Wildman–Crippen MR) is 53.7 cm³/mol. The molecule has 1 fully saturated rings. The maximum absolute atomic E-state index is 8.36. The zero-order chi connectivity index (χ0) is 7.40. The van der Waals surface area contributed by atoms with Gasteiger partial charge in [-0.3, -0.25) is 4.90 Å². The normalized spacial score (nSPS) is 22.2. The molecule has 1 rings (SSSR count). The van der Waals surface area contributed by atoms with Crippen LogP contribution in [0.3, 0.4) is 0 Å². The van der Waals surface area contributed by atoms with Gasteiger partial charge in [-0.25, -0.2) is 0 Å². The summed E-state index contributed by atoms with van der Waals surface area (Å²) in [6, 6.07) is 2.14. The highest BCUT2D eigenvalue weighted by molar-refractivity contribution is 5.85. The number of nitrogens with two attached hydrogens (primary N) is 1. The molecule has 0 spiro atoms. The maximum atomic E-state index is 8.36. The first-order valence-electron chi connectivity index (χ1n) is 3.66. The van der Waals surface area contributed by atoms with Gasteiger partial charge in [-0.2, -0.15) is 5.26 Å². The summed E-state index contributed by atoms with van der Waals surface area (Å²) in [6.45, 7) is 3.40. The van der Waals surface area contributed by atoms with Crippen LogP contribution in [0.25, 0.3) is 0 Å². The monoisotopic (exact) mass is 211 g/mol. The lowest BCUT2D eigenvalue weighted by molar-refractivity contribution is 0.364. The van der Waals surface area contributed by atoms with Crippen molar-refractivity contribution in [3.8, 4) is 6.07 Å². The fourth-order valence-corrected chi connectivity index (χ4v) is 1.35. The summed E-state index contributed by atoms with van der Waals surface area (Å²) in [4.78, 5) is 2.15. The highest BCUT2D eigenvalue weighted by atomic mass is 35.5. The van der Waals surface area contributed by atoms with E-state index in [9.17, 15) is 0 Å². The van der Waals surface area contributed by atoms with Crippen LogP contribution >= 0.6 is 24.8 Å². The minimum absolute atomic E-state index is 0. The van der Waals surface area contributed by atoms with Crippen molar-refractivity contribution in [3.05, 3.63) is 0 Å². The summed E-state index contributed by atoms with van der Waals surface area (Å²) in [7, 11) is 0. The summed E-state index contributed by atoms with van der Waals surface area (Å²) in [5.41, 5.74) is 5.48. The average molecular weight is 212 g/mol. The van der Waals surface area contributed by atoms with Gasteiger partial charge in [-0.05, 0) is 25.4 Å². The van der Waals surface area contributed by atoms with Crippen molar-refractivity contribution in [1.29, 1.82) is 5.26 Å². The Morgan fingerprint density at radius 3 is 2.58 bits per heavy atom. The highest BCUT2D eigenvalue weighted by Crippen LogP contribution is 2.13. The van der Waals surface area contributed by atoms with Crippen molar-refractivity contribution in [2.24, 2.45) is 11.7 Å². The molecule has 1 heterocycles. The van der Waals surface area contributed by atoms with Crippen molar-refractivity contribution in [2.75, 3.05) is 26.2 Å². The van der Waals surface area contributed by atoms with Gasteiger partial charge in [-0.1, -0.05) is 0 Å². The molecule has 1 unspecified atom stereocenters. The molecular weight excluding hydrogens is 197 g/mol. The van der Waals surface area contributed by atoms with Crippen molar-refractivity contribution < 1.29 is 0 Å². The third kappa shape index (κ3) is 4.13. The molecule has 0 aromatic carbocycles. The molecule has 1 aliphatic heterocycles. The molecule has 5 heteroatoms. The SMILES string of the molecule is Cl.Cl.N#CCN1CCC(CN)C1. The lowest BCUT2D eigenvalue weighted by atomic mass is 10.1. The molecule has 0 aromatic rings. The van der Waals surface area contributed by atoms with Gasteiger partial charge in [0.25, 0.3) is 0 Å². The van der Waals surface area contributed by atoms with E-state index in [0.717, 1.165) is 26.1 Å². The van der Waals surface area contributed by atoms with Crippen molar-refractivity contribution in [2.45, 2.75) is 6.42 Å². The van der Waals surface area contributed by atoms with Gasteiger partial charge in [0.2, 0.25) is 0 Å². The van der Waals surface area contributed by atoms with E-state index in [1.54, 1.807) is 0 Å². The first-order valence-corrected chi connectivity index (χ1v) is 3.66. The van der Waals surface area contributed by atoms with Crippen LogP contribution in [-0.4, -0.2) is 31.1 Å². The zero-order valence-corrected chi connectivity index (χ0v) is 8.53. The molecule has 1 saturated heterocycles. The first kappa shape index (κ1) is 14.5. The lowest BCUT2D eigenvalue weighted by Gasteiger charge is -2.09. The van der Waals surface area contributed by atoms with E-state index >= 15 is 0 Å². The maximum Gasteiger partial charge on any atom is 0.0866 e. The number of halogens is 2. The summed E-state index contributed by atoms with van der Waals surface area (Å²) >= 11 is 0. The van der Waals surface area contributed by atoms with E-state index in [4.69, 9.17) is 11.0 Å². The van der Waals surface area contributed by atoms with Crippen LogP contribution in [0.5, 0.6) is 0 Å². The number of rotatable bonds is 2. The molecule has 1 atom stereocenters. The van der Waals surface area contributed by atoms with Gasteiger partial charge in [-0.15, -0.1) is 24.8 Å². The van der Waals surface area contributed by atoms with Crippen molar-refractivity contribution in [3.63, 3.8) is 0 Å². The molecule has 3 nitrogen and oxygen atoms in total. The Morgan fingerprint density at radius 1 is 1.50 bits per heavy atom. The molecule has 1 aliphatic rings. The Bertz CT molecular complexity index is 146. The molecule has 0 bridgehead atoms. The van der Waals surface area contributed by atoms with E-state index in [2.05, 4.69) is 11.0 Å². The van der Waals surface area contributed by atoms with Gasteiger partial charge >= 0.3 is 0 Å². The number of likely N-dealkylation sites (tertiary alicyclic amines) is 1. The topological polar surface area (TPSA) is 53.0 Å². The summed E-state index contributed by atoms with van der Waals surface area (Å²) in [5, 5.41) is 8.36. The summed E-state index contributed by atoms with van der Waals surface area (Å²) < 4.78 is 0. The minimum Gasteiger partial charge on any atom is -0.330 e. The standard InChI is InChI=1S/C7H13N3.2ClH/c8-2-4-10-3-1-7(5-9)6-10;;/h7H,1,3-6,9H2;2*1H. The summed E-state index contributed by atoms with van der Waals surface area (Å²) in [5.74, 6) is 0.633. The Kier molecular flexibility index (Phi) is 9.23. The quantitative estimate of drug-likeness (QED) is 0.683. The molecular formula is C7H15Cl2N3. The van der Waals surface area contributed by atoms with E-state index in [1.807, 2.05) is 0 Å². The zero-order valence-electron chi connectivity index (χ0n) is 6.90. The van der Waals surface area contributed by atoms with E-state index in [0.29, 0.717) is 12.5 Å². The second-order valence-corrected chi connectivity index (χ2v) is 2.78. The van der Waals surface area contributed by atoms with Crippen LogP contribution in [0.2, 0.25) is 0 Å². The summed E-state index contributed by atoms with van der Waals surface area (Å²) in [6.07, 6.45) is 1.16. The van der Waals surface area contributed by atoms with E-state index in [-0.39, 0.29) is 24.8 Å². The largest absolute Gasteiger partial charge is 0.330 e. The third-order valence-electron chi connectivity index (χ3n) is 2.00. The van der Waals surface area contributed by atoms with Gasteiger partial charge < -0.3 is 5.73 Å². The van der Waals surface area contributed by atoms with E-state index < -0.39 is 0 Å². The molecule has 0 amide bonds. The molecule has 0 saturated carbocycles. The molecule has 0 radical (unpaired) electrons. The molecule has 72 valence electrons.